The van der Waals surface area contributed by atoms with Crippen LogP contribution in [0.4, 0.5) is 13.2 Å². The number of hydrogen-bond acceptors (Lipinski definition) is 3. The first-order valence-electron chi connectivity index (χ1n) is 14.9. The van der Waals surface area contributed by atoms with Crippen LogP contribution in [0.5, 0.6) is 0 Å². The summed E-state index contributed by atoms with van der Waals surface area (Å²) in [6.45, 7) is 2.53. The predicted octanol–water partition coefficient (Wildman–Crippen LogP) is 8.28. The van der Waals surface area contributed by atoms with Crippen LogP contribution in [-0.4, -0.2) is 22.9 Å². The van der Waals surface area contributed by atoms with E-state index in [1.165, 1.54) is 48.7 Å². The maximum absolute atomic E-state index is 13.6. The average molecular weight is 696 g/mol. The Morgan fingerprint density at radius 1 is 0.870 bits per heavy atom. The topological polar surface area (TPSA) is 95.5 Å². The number of amides is 2. The summed E-state index contributed by atoms with van der Waals surface area (Å²) in [7, 11) is 0. The monoisotopic (exact) mass is 694 g/mol. The Hall–Kier alpha value is -4.44. The summed E-state index contributed by atoms with van der Waals surface area (Å²) in [5.41, 5.74) is 3.37. The molecule has 2 amide bonds. The summed E-state index contributed by atoms with van der Waals surface area (Å²) in [6, 6.07) is 23.7. The fourth-order valence-corrected chi connectivity index (χ4v) is 5.65. The van der Waals surface area contributed by atoms with Crippen molar-refractivity contribution in [1.82, 2.24) is 10.6 Å². The molecule has 46 heavy (non-hydrogen) atoms. The Balaban J connectivity index is 1.47. The van der Waals surface area contributed by atoms with Gasteiger partial charge in [0.25, 0.3) is 5.91 Å². The minimum atomic E-state index is -4.54. The quantitative estimate of drug-likeness (QED) is 0.103. The normalized spacial score (nSPS) is 11.9. The molecule has 10 heteroatoms. The molecule has 0 bridgehead atoms. The Kier molecular flexibility index (Phi) is 11.8. The number of carboxylic acid groups (broad SMARTS) is 1. The lowest BCUT2D eigenvalue weighted by Crippen LogP contribution is -2.35. The molecule has 0 aromatic heterocycles. The van der Waals surface area contributed by atoms with Crippen molar-refractivity contribution in [3.63, 3.8) is 0 Å². The molecule has 0 aliphatic heterocycles. The molecular weight excluding hydrogens is 661 g/mol. The number of carbonyl (C=O) groups is 3. The van der Waals surface area contributed by atoms with Gasteiger partial charge < -0.3 is 15.7 Å². The third kappa shape index (κ3) is 9.29. The van der Waals surface area contributed by atoms with Crippen LogP contribution in [0.2, 0.25) is 0 Å². The third-order valence-electron chi connectivity index (χ3n) is 7.64. The molecule has 4 aromatic rings. The lowest BCUT2D eigenvalue weighted by molar-refractivity contribution is -0.150. The van der Waals surface area contributed by atoms with Gasteiger partial charge in [0, 0.05) is 16.6 Å². The van der Waals surface area contributed by atoms with Gasteiger partial charge in [-0.25, -0.2) is 4.79 Å². The first-order valence-corrected chi connectivity index (χ1v) is 15.7. The summed E-state index contributed by atoms with van der Waals surface area (Å²) >= 11 is 3.49. The van der Waals surface area contributed by atoms with E-state index in [9.17, 15) is 32.7 Å². The minimum Gasteiger partial charge on any atom is -0.474 e. The summed E-state index contributed by atoms with van der Waals surface area (Å²) in [4.78, 5) is 36.4. The van der Waals surface area contributed by atoms with Gasteiger partial charge in [-0.3, -0.25) is 9.59 Å². The van der Waals surface area contributed by atoms with Crippen molar-refractivity contribution in [2.24, 2.45) is 0 Å². The molecule has 0 aliphatic rings. The van der Waals surface area contributed by atoms with Crippen molar-refractivity contribution in [2.75, 3.05) is 0 Å². The van der Waals surface area contributed by atoms with Crippen LogP contribution in [0.3, 0.4) is 0 Å². The predicted molar refractivity (Wildman–Crippen MR) is 174 cm³/mol. The van der Waals surface area contributed by atoms with Crippen molar-refractivity contribution >= 4 is 33.7 Å². The molecule has 3 N–H and O–H groups in total. The average Bonchev–Trinajstić information content (AvgIpc) is 3.04. The number of carbonyl (C=O) groups excluding carboxylic acids is 2. The standard InChI is InChI=1S/C36H34BrF3N2O4/c1-2-3-4-7-23-10-12-24(13-11-23)22-41-33(43)28-19-18-27(31(37)20-28)21-32(42-34(44)35(45)46)26-16-14-25(15-17-26)29-8-5-6-9-30(29)36(38,39)40/h5-6,8-20,32H,2-4,7,21-22H2,1H3,(H,41,43)(H,42,44)(H,45,46). The van der Waals surface area contributed by atoms with Gasteiger partial charge in [-0.2, -0.15) is 13.2 Å². The summed E-state index contributed by atoms with van der Waals surface area (Å²) in [5.74, 6) is -3.17. The van der Waals surface area contributed by atoms with E-state index in [1.54, 1.807) is 30.3 Å². The molecule has 0 aliphatic carbocycles. The maximum atomic E-state index is 13.6. The maximum Gasteiger partial charge on any atom is 0.417 e. The van der Waals surface area contributed by atoms with Crippen LogP contribution in [0.25, 0.3) is 11.1 Å². The van der Waals surface area contributed by atoms with Crippen molar-refractivity contribution in [2.45, 2.75) is 57.8 Å². The van der Waals surface area contributed by atoms with Crippen LogP contribution in [0, 0.1) is 0 Å². The molecule has 6 nitrogen and oxygen atoms in total. The molecule has 0 spiro atoms. The number of aliphatic carboxylic acids is 1. The zero-order valence-electron chi connectivity index (χ0n) is 25.2. The van der Waals surface area contributed by atoms with Crippen LogP contribution in [0.1, 0.15) is 70.4 Å². The Morgan fingerprint density at radius 2 is 1.54 bits per heavy atom. The van der Waals surface area contributed by atoms with Gasteiger partial charge in [0.2, 0.25) is 0 Å². The highest BCUT2D eigenvalue weighted by Gasteiger charge is 2.33. The Labute approximate surface area is 274 Å². The number of halogens is 4. The second kappa shape index (κ2) is 15.7. The van der Waals surface area contributed by atoms with Crippen molar-refractivity contribution in [3.05, 3.63) is 129 Å². The van der Waals surface area contributed by atoms with Crippen LogP contribution in [-0.2, 0) is 35.2 Å². The van der Waals surface area contributed by atoms with E-state index < -0.39 is 29.7 Å². The Morgan fingerprint density at radius 3 is 2.17 bits per heavy atom. The summed E-state index contributed by atoms with van der Waals surface area (Å²) in [6.07, 6.45) is 0.150. The molecule has 0 saturated heterocycles. The molecule has 0 saturated carbocycles. The fraction of sp³-hybridized carbons (Fsp3) is 0.250. The summed E-state index contributed by atoms with van der Waals surface area (Å²) in [5, 5.41) is 14.6. The number of nitrogens with one attached hydrogen (secondary N) is 2. The molecule has 0 fully saturated rings. The lowest BCUT2D eigenvalue weighted by atomic mass is 9.94. The minimum absolute atomic E-state index is 0.00343. The van der Waals surface area contributed by atoms with Gasteiger partial charge in [0.05, 0.1) is 11.6 Å². The third-order valence-corrected chi connectivity index (χ3v) is 8.38. The second-order valence-corrected chi connectivity index (χ2v) is 11.8. The number of aryl methyl sites for hydroxylation is 1. The summed E-state index contributed by atoms with van der Waals surface area (Å²) < 4.78 is 41.3. The number of hydrogen-bond donors (Lipinski definition) is 3. The van der Waals surface area contributed by atoms with E-state index in [2.05, 4.69) is 45.6 Å². The Bertz CT molecular complexity index is 1670. The van der Waals surface area contributed by atoms with E-state index in [4.69, 9.17) is 0 Å². The number of unbranched alkanes of at least 4 members (excludes halogenated alkanes) is 2. The smallest absolute Gasteiger partial charge is 0.417 e. The van der Waals surface area contributed by atoms with Gasteiger partial charge >= 0.3 is 18.1 Å². The first kappa shape index (κ1) is 34.4. The lowest BCUT2D eigenvalue weighted by Gasteiger charge is -2.20. The van der Waals surface area contributed by atoms with Gasteiger partial charge in [-0.1, -0.05) is 108 Å². The van der Waals surface area contributed by atoms with E-state index in [0.29, 0.717) is 33.3 Å². The molecule has 1 atom stereocenters. The van der Waals surface area contributed by atoms with E-state index in [1.807, 2.05) is 12.1 Å². The molecule has 1 unspecified atom stereocenters. The molecule has 4 aromatic carbocycles. The van der Waals surface area contributed by atoms with Gasteiger partial charge in [-0.05, 0) is 70.8 Å². The highest BCUT2D eigenvalue weighted by Crippen LogP contribution is 2.37. The van der Waals surface area contributed by atoms with E-state index >= 15 is 0 Å². The molecular formula is C36H34BrF3N2O4. The van der Waals surface area contributed by atoms with Gasteiger partial charge in [0.15, 0.2) is 0 Å². The largest absolute Gasteiger partial charge is 0.474 e. The molecule has 0 radical (unpaired) electrons. The van der Waals surface area contributed by atoms with Crippen LogP contribution in [0.15, 0.2) is 95.5 Å². The zero-order valence-corrected chi connectivity index (χ0v) is 26.8. The van der Waals surface area contributed by atoms with Crippen molar-refractivity contribution < 1.29 is 32.7 Å². The van der Waals surface area contributed by atoms with E-state index in [0.717, 1.165) is 24.5 Å². The number of alkyl halides is 3. The van der Waals surface area contributed by atoms with Crippen LogP contribution >= 0.6 is 15.9 Å². The van der Waals surface area contributed by atoms with E-state index in [-0.39, 0.29) is 17.9 Å². The molecule has 0 heterocycles. The highest BCUT2D eigenvalue weighted by atomic mass is 79.9. The SMILES string of the molecule is CCCCCc1ccc(CNC(=O)c2ccc(CC(NC(=O)C(=O)O)c3ccc(-c4ccccc4C(F)(F)F)cc3)c(Br)c2)cc1. The molecule has 4 rings (SSSR count). The number of rotatable bonds is 12. The number of benzene rings is 4. The van der Waals surface area contributed by atoms with Crippen LogP contribution < -0.4 is 10.6 Å². The highest BCUT2D eigenvalue weighted by molar-refractivity contribution is 9.10. The van der Waals surface area contributed by atoms with Gasteiger partial charge in [-0.15, -0.1) is 0 Å². The van der Waals surface area contributed by atoms with Gasteiger partial charge in [0.1, 0.15) is 0 Å². The number of carboxylic acids is 1. The fourth-order valence-electron chi connectivity index (χ4n) is 5.11. The second-order valence-electron chi connectivity index (χ2n) is 11.0. The van der Waals surface area contributed by atoms with Crippen molar-refractivity contribution in [1.29, 1.82) is 0 Å². The van der Waals surface area contributed by atoms with Crippen molar-refractivity contribution in [3.8, 4) is 11.1 Å². The molecule has 240 valence electrons. The zero-order chi connectivity index (χ0) is 33.3. The first-order chi connectivity index (χ1) is 22.0.